The molecule has 2 amide bonds. The molecule has 2 aliphatic rings. The normalized spacial score (nSPS) is 25.0. The molecule has 1 fully saturated rings. The molecule has 1 aliphatic heterocycles. The van der Waals surface area contributed by atoms with Gasteiger partial charge in [-0.1, -0.05) is 0 Å². The SMILES string of the molecule is NC1CC(NC(=O)c2ccc3c(c2)CCC(=O)N3)C1. The number of carbonyl (C=O) groups excluding carboxylic acids is 2. The fourth-order valence-corrected chi connectivity index (χ4v) is 2.57. The Hall–Kier alpha value is -1.88. The predicted molar refractivity (Wildman–Crippen MR) is 71.9 cm³/mol. The standard InChI is InChI=1S/C14H17N3O2/c15-10-6-11(7-10)16-14(19)9-1-3-12-8(5-9)2-4-13(18)17-12/h1,3,5,10-11H,2,4,6-7,15H2,(H,16,19)(H,17,18). The van der Waals surface area contributed by atoms with E-state index in [1.54, 1.807) is 12.1 Å². The summed E-state index contributed by atoms with van der Waals surface area (Å²) in [6.07, 6.45) is 2.88. The summed E-state index contributed by atoms with van der Waals surface area (Å²) in [5, 5.41) is 5.78. The van der Waals surface area contributed by atoms with Crippen molar-refractivity contribution in [2.45, 2.75) is 37.8 Å². The number of hydrogen-bond donors (Lipinski definition) is 3. The maximum atomic E-state index is 12.1. The summed E-state index contributed by atoms with van der Waals surface area (Å²) < 4.78 is 0. The quantitative estimate of drug-likeness (QED) is 0.734. The molecule has 1 aromatic rings. The highest BCUT2D eigenvalue weighted by Crippen LogP contribution is 2.24. The van der Waals surface area contributed by atoms with Gasteiger partial charge in [-0.2, -0.15) is 0 Å². The van der Waals surface area contributed by atoms with E-state index in [1.165, 1.54) is 0 Å². The Kier molecular flexibility index (Phi) is 2.98. The Balaban J connectivity index is 1.71. The van der Waals surface area contributed by atoms with Crippen LogP contribution in [0.25, 0.3) is 0 Å². The maximum absolute atomic E-state index is 12.1. The number of nitrogens with one attached hydrogen (secondary N) is 2. The summed E-state index contributed by atoms with van der Waals surface area (Å²) in [4.78, 5) is 23.3. The van der Waals surface area contributed by atoms with Gasteiger partial charge in [-0.15, -0.1) is 0 Å². The number of aryl methyl sites for hydroxylation is 1. The van der Waals surface area contributed by atoms with E-state index in [0.29, 0.717) is 18.4 Å². The van der Waals surface area contributed by atoms with Crippen molar-refractivity contribution in [3.8, 4) is 0 Å². The zero-order valence-electron chi connectivity index (χ0n) is 10.6. The van der Waals surface area contributed by atoms with Crippen LogP contribution < -0.4 is 16.4 Å². The predicted octanol–water partition coefficient (Wildman–Crippen LogP) is 0.791. The second-order valence-electron chi connectivity index (χ2n) is 5.32. The molecule has 0 unspecified atom stereocenters. The smallest absolute Gasteiger partial charge is 0.251 e. The lowest BCUT2D eigenvalue weighted by molar-refractivity contribution is -0.116. The van der Waals surface area contributed by atoms with E-state index in [0.717, 1.165) is 24.1 Å². The van der Waals surface area contributed by atoms with E-state index in [4.69, 9.17) is 5.73 Å². The number of amides is 2. The second-order valence-corrected chi connectivity index (χ2v) is 5.32. The fraction of sp³-hybridized carbons (Fsp3) is 0.429. The molecule has 5 nitrogen and oxygen atoms in total. The van der Waals surface area contributed by atoms with Crippen LogP contribution in [-0.4, -0.2) is 23.9 Å². The monoisotopic (exact) mass is 259 g/mol. The Morgan fingerprint density at radius 2 is 2.11 bits per heavy atom. The molecule has 3 rings (SSSR count). The zero-order valence-corrected chi connectivity index (χ0v) is 10.6. The number of benzene rings is 1. The average molecular weight is 259 g/mol. The molecule has 19 heavy (non-hydrogen) atoms. The van der Waals surface area contributed by atoms with Crippen molar-refractivity contribution in [1.82, 2.24) is 5.32 Å². The first kappa shape index (κ1) is 12.2. The van der Waals surface area contributed by atoms with Crippen molar-refractivity contribution in [3.63, 3.8) is 0 Å². The third-order valence-corrected chi connectivity index (χ3v) is 3.77. The molecule has 1 heterocycles. The molecule has 4 N–H and O–H groups in total. The summed E-state index contributed by atoms with van der Waals surface area (Å²) in [6.45, 7) is 0. The van der Waals surface area contributed by atoms with Gasteiger partial charge < -0.3 is 16.4 Å². The Bertz CT molecular complexity index is 535. The van der Waals surface area contributed by atoms with Crippen LogP contribution in [0.5, 0.6) is 0 Å². The largest absolute Gasteiger partial charge is 0.349 e. The lowest BCUT2D eigenvalue weighted by atomic mass is 9.87. The zero-order chi connectivity index (χ0) is 13.4. The van der Waals surface area contributed by atoms with Crippen molar-refractivity contribution in [1.29, 1.82) is 0 Å². The van der Waals surface area contributed by atoms with E-state index in [-0.39, 0.29) is 23.9 Å². The third kappa shape index (κ3) is 2.46. The van der Waals surface area contributed by atoms with Gasteiger partial charge in [-0.3, -0.25) is 9.59 Å². The number of carbonyl (C=O) groups is 2. The average Bonchev–Trinajstić information content (AvgIpc) is 2.36. The van der Waals surface area contributed by atoms with Crippen LogP contribution in [-0.2, 0) is 11.2 Å². The van der Waals surface area contributed by atoms with Gasteiger partial charge in [0.05, 0.1) is 0 Å². The number of hydrogen-bond acceptors (Lipinski definition) is 3. The van der Waals surface area contributed by atoms with E-state index in [1.807, 2.05) is 6.07 Å². The lowest BCUT2D eigenvalue weighted by Crippen LogP contribution is -2.50. The highest BCUT2D eigenvalue weighted by Gasteiger charge is 2.27. The number of anilines is 1. The van der Waals surface area contributed by atoms with Crippen LogP contribution in [0.4, 0.5) is 5.69 Å². The molecule has 1 saturated carbocycles. The van der Waals surface area contributed by atoms with E-state index in [2.05, 4.69) is 10.6 Å². The van der Waals surface area contributed by atoms with Crippen LogP contribution in [0.2, 0.25) is 0 Å². The molecule has 0 radical (unpaired) electrons. The van der Waals surface area contributed by atoms with Gasteiger partial charge in [-0.05, 0) is 43.0 Å². The Labute approximate surface area is 111 Å². The molecule has 0 aromatic heterocycles. The van der Waals surface area contributed by atoms with Crippen LogP contribution >= 0.6 is 0 Å². The van der Waals surface area contributed by atoms with E-state index >= 15 is 0 Å². The van der Waals surface area contributed by atoms with Gasteiger partial charge in [0.1, 0.15) is 0 Å². The molecule has 1 aliphatic carbocycles. The number of fused-ring (bicyclic) bond motifs is 1. The lowest BCUT2D eigenvalue weighted by Gasteiger charge is -2.33. The van der Waals surface area contributed by atoms with Crippen molar-refractivity contribution in [2.75, 3.05) is 5.32 Å². The summed E-state index contributed by atoms with van der Waals surface area (Å²) >= 11 is 0. The molecule has 5 heteroatoms. The van der Waals surface area contributed by atoms with Gasteiger partial charge in [0, 0.05) is 29.8 Å². The van der Waals surface area contributed by atoms with E-state index < -0.39 is 0 Å². The van der Waals surface area contributed by atoms with Crippen molar-refractivity contribution in [2.24, 2.45) is 5.73 Å². The van der Waals surface area contributed by atoms with Crippen molar-refractivity contribution in [3.05, 3.63) is 29.3 Å². The molecular formula is C14H17N3O2. The summed E-state index contributed by atoms with van der Waals surface area (Å²) in [5.74, 6) is -0.0234. The van der Waals surface area contributed by atoms with Crippen LogP contribution in [0.15, 0.2) is 18.2 Å². The second kappa shape index (κ2) is 4.66. The molecule has 0 spiro atoms. The summed E-state index contributed by atoms with van der Waals surface area (Å²) in [5.41, 5.74) is 8.19. The summed E-state index contributed by atoms with van der Waals surface area (Å²) in [6, 6.07) is 5.84. The third-order valence-electron chi connectivity index (χ3n) is 3.77. The van der Waals surface area contributed by atoms with Crippen molar-refractivity contribution >= 4 is 17.5 Å². The first-order chi connectivity index (χ1) is 9.11. The fourth-order valence-electron chi connectivity index (χ4n) is 2.57. The summed E-state index contributed by atoms with van der Waals surface area (Å²) in [7, 11) is 0. The first-order valence-corrected chi connectivity index (χ1v) is 6.61. The minimum atomic E-state index is -0.0587. The highest BCUT2D eigenvalue weighted by atomic mass is 16.2. The minimum absolute atomic E-state index is 0.0353. The number of nitrogens with two attached hydrogens (primary N) is 1. The molecule has 0 atom stereocenters. The van der Waals surface area contributed by atoms with Gasteiger partial charge in [0.15, 0.2) is 0 Å². The van der Waals surface area contributed by atoms with Crippen molar-refractivity contribution < 1.29 is 9.59 Å². The highest BCUT2D eigenvalue weighted by molar-refractivity contribution is 5.98. The molecule has 1 aromatic carbocycles. The molecule has 0 saturated heterocycles. The van der Waals surface area contributed by atoms with Gasteiger partial charge in [0.25, 0.3) is 5.91 Å². The van der Waals surface area contributed by atoms with E-state index in [9.17, 15) is 9.59 Å². The Morgan fingerprint density at radius 1 is 1.32 bits per heavy atom. The van der Waals surface area contributed by atoms with Crippen LogP contribution in [0.3, 0.4) is 0 Å². The molecule has 100 valence electrons. The van der Waals surface area contributed by atoms with Crippen LogP contribution in [0.1, 0.15) is 35.2 Å². The Morgan fingerprint density at radius 3 is 2.84 bits per heavy atom. The molecule has 0 bridgehead atoms. The minimum Gasteiger partial charge on any atom is -0.349 e. The topological polar surface area (TPSA) is 84.2 Å². The molecular weight excluding hydrogens is 242 g/mol. The first-order valence-electron chi connectivity index (χ1n) is 6.61. The van der Waals surface area contributed by atoms with Gasteiger partial charge in [-0.25, -0.2) is 0 Å². The van der Waals surface area contributed by atoms with Crippen LogP contribution in [0, 0.1) is 0 Å². The van der Waals surface area contributed by atoms with Gasteiger partial charge in [0.2, 0.25) is 5.91 Å². The van der Waals surface area contributed by atoms with Gasteiger partial charge >= 0.3 is 0 Å². The number of rotatable bonds is 2. The maximum Gasteiger partial charge on any atom is 0.251 e.